The summed E-state index contributed by atoms with van der Waals surface area (Å²) < 4.78 is 24.5. The summed E-state index contributed by atoms with van der Waals surface area (Å²) in [6, 6.07) is 0.370. The molecule has 2 heterocycles. The number of hydrogen-bond donors (Lipinski definition) is 2. The lowest BCUT2D eigenvalue weighted by Gasteiger charge is -2.32. The van der Waals surface area contributed by atoms with Crippen LogP contribution >= 0.6 is 0 Å². The molecule has 0 bridgehead atoms. The van der Waals surface area contributed by atoms with E-state index >= 15 is 0 Å². The van der Waals surface area contributed by atoms with Crippen molar-refractivity contribution in [3.63, 3.8) is 0 Å². The quantitative estimate of drug-likeness (QED) is 0.493. The summed E-state index contributed by atoms with van der Waals surface area (Å²) >= 11 is 0. The third kappa shape index (κ3) is 7.74. The normalized spacial score (nSPS) is 17.4. The predicted molar refractivity (Wildman–Crippen MR) is 105 cm³/mol. The van der Waals surface area contributed by atoms with Gasteiger partial charge < -0.3 is 15.5 Å². The molecule has 2 N–H and O–H groups in total. The van der Waals surface area contributed by atoms with Crippen LogP contribution in [0, 0.1) is 6.92 Å². The molecule has 1 aliphatic heterocycles. The van der Waals surface area contributed by atoms with Gasteiger partial charge in [-0.05, 0) is 32.3 Å². The molecule has 1 aliphatic rings. The number of nitrogens with one attached hydrogen (secondary N) is 2. The van der Waals surface area contributed by atoms with Crippen molar-refractivity contribution in [3.8, 4) is 0 Å². The Labute approximate surface area is 157 Å². The summed E-state index contributed by atoms with van der Waals surface area (Å²) in [5.41, 5.74) is 1.15. The van der Waals surface area contributed by atoms with Crippen molar-refractivity contribution in [1.82, 2.24) is 25.3 Å². The lowest BCUT2D eigenvalue weighted by molar-refractivity contribution is 0.216. The number of aryl methyl sites for hydroxylation is 1. The van der Waals surface area contributed by atoms with Gasteiger partial charge in [-0.15, -0.1) is 0 Å². The number of sulfone groups is 1. The zero-order valence-corrected chi connectivity index (χ0v) is 16.9. The Morgan fingerprint density at radius 1 is 1.35 bits per heavy atom. The molecule has 1 aromatic rings. The first-order valence-corrected chi connectivity index (χ1v) is 11.4. The van der Waals surface area contributed by atoms with E-state index in [1.165, 1.54) is 6.26 Å². The Morgan fingerprint density at radius 2 is 2.08 bits per heavy atom. The van der Waals surface area contributed by atoms with E-state index in [1.54, 1.807) is 0 Å². The van der Waals surface area contributed by atoms with Crippen molar-refractivity contribution in [3.05, 3.63) is 18.0 Å². The molecule has 8 nitrogen and oxygen atoms in total. The monoisotopic (exact) mass is 384 g/mol. The topological polar surface area (TPSA) is 91.6 Å². The van der Waals surface area contributed by atoms with Gasteiger partial charge in [0.1, 0.15) is 9.84 Å². The van der Waals surface area contributed by atoms with Crippen molar-refractivity contribution in [2.45, 2.75) is 39.3 Å². The first kappa shape index (κ1) is 20.7. The van der Waals surface area contributed by atoms with Crippen LogP contribution in [0.15, 0.2) is 17.4 Å². The molecule has 0 atom stereocenters. The average Bonchev–Trinajstić information content (AvgIpc) is 2.99. The summed E-state index contributed by atoms with van der Waals surface area (Å²) in [7, 11) is -2.89. The summed E-state index contributed by atoms with van der Waals surface area (Å²) in [5, 5.41) is 11.1. The Kier molecular flexibility index (Phi) is 7.89. The van der Waals surface area contributed by atoms with Crippen molar-refractivity contribution >= 4 is 15.8 Å². The Morgan fingerprint density at radius 3 is 2.65 bits per heavy atom. The van der Waals surface area contributed by atoms with E-state index in [0.29, 0.717) is 19.1 Å². The van der Waals surface area contributed by atoms with Crippen molar-refractivity contribution in [1.29, 1.82) is 0 Å². The molecule has 0 amide bonds. The SMILES string of the molecule is CCNC(=NCCn1cc(C)cn1)NC1CCN(CCS(C)(=O)=O)CC1. The van der Waals surface area contributed by atoms with Crippen LogP contribution in [-0.4, -0.2) is 79.8 Å². The zero-order chi connectivity index (χ0) is 19.0. The highest BCUT2D eigenvalue weighted by atomic mass is 32.2. The Balaban J connectivity index is 1.76. The minimum absolute atomic E-state index is 0.238. The molecule has 9 heteroatoms. The largest absolute Gasteiger partial charge is 0.357 e. The Bertz CT molecular complexity index is 677. The van der Waals surface area contributed by atoms with Gasteiger partial charge in [-0.25, -0.2) is 8.42 Å². The fraction of sp³-hybridized carbons (Fsp3) is 0.765. The molecule has 0 aromatic carbocycles. The maximum Gasteiger partial charge on any atom is 0.191 e. The standard InChI is InChI=1S/C17H32N6O2S/c1-4-18-17(19-7-10-23-14-15(2)13-20-23)21-16-5-8-22(9-6-16)11-12-26(3,24)25/h13-14,16H,4-12H2,1-3H3,(H2,18,19,21). The van der Waals surface area contributed by atoms with E-state index in [4.69, 9.17) is 0 Å². The minimum Gasteiger partial charge on any atom is -0.357 e. The second kappa shape index (κ2) is 9.91. The van der Waals surface area contributed by atoms with E-state index in [9.17, 15) is 8.42 Å². The van der Waals surface area contributed by atoms with Crippen LogP contribution in [0.25, 0.3) is 0 Å². The van der Waals surface area contributed by atoms with Gasteiger partial charge in [-0.2, -0.15) is 5.10 Å². The maximum absolute atomic E-state index is 11.3. The summed E-state index contributed by atoms with van der Waals surface area (Å²) in [4.78, 5) is 6.87. The molecule has 148 valence electrons. The predicted octanol–water partition coefficient (Wildman–Crippen LogP) is 0.256. The van der Waals surface area contributed by atoms with Crippen LogP contribution in [0.3, 0.4) is 0 Å². The van der Waals surface area contributed by atoms with Gasteiger partial charge in [0.2, 0.25) is 0 Å². The number of hydrogen-bond acceptors (Lipinski definition) is 5. The molecule has 0 unspecified atom stereocenters. The number of nitrogens with zero attached hydrogens (tertiary/aromatic N) is 4. The lowest BCUT2D eigenvalue weighted by Crippen LogP contribution is -2.49. The lowest BCUT2D eigenvalue weighted by atomic mass is 10.1. The van der Waals surface area contributed by atoms with Gasteiger partial charge in [0, 0.05) is 44.7 Å². The Hall–Kier alpha value is -1.61. The van der Waals surface area contributed by atoms with E-state index in [-0.39, 0.29) is 5.75 Å². The number of rotatable bonds is 8. The van der Waals surface area contributed by atoms with Crippen molar-refractivity contribution in [2.24, 2.45) is 4.99 Å². The number of piperidine rings is 1. The van der Waals surface area contributed by atoms with Crippen LogP contribution in [0.4, 0.5) is 0 Å². The zero-order valence-electron chi connectivity index (χ0n) is 16.1. The summed E-state index contributed by atoms with van der Waals surface area (Å²) in [6.07, 6.45) is 7.15. The molecule has 1 fully saturated rings. The highest BCUT2D eigenvalue weighted by Crippen LogP contribution is 2.10. The van der Waals surface area contributed by atoms with Gasteiger partial charge >= 0.3 is 0 Å². The van der Waals surface area contributed by atoms with Gasteiger partial charge in [0.25, 0.3) is 0 Å². The third-order valence-electron chi connectivity index (χ3n) is 4.41. The molecule has 2 rings (SSSR count). The van der Waals surface area contributed by atoms with Gasteiger partial charge in [-0.3, -0.25) is 9.67 Å². The van der Waals surface area contributed by atoms with Crippen LogP contribution < -0.4 is 10.6 Å². The molecule has 0 aliphatic carbocycles. The van der Waals surface area contributed by atoms with Crippen molar-refractivity contribution < 1.29 is 8.42 Å². The molecule has 0 saturated carbocycles. The van der Waals surface area contributed by atoms with Gasteiger partial charge in [0.05, 0.1) is 25.0 Å². The fourth-order valence-electron chi connectivity index (χ4n) is 2.96. The van der Waals surface area contributed by atoms with E-state index < -0.39 is 9.84 Å². The van der Waals surface area contributed by atoms with Crippen LogP contribution in [0.2, 0.25) is 0 Å². The van der Waals surface area contributed by atoms with Crippen LogP contribution in [-0.2, 0) is 16.4 Å². The summed E-state index contributed by atoms with van der Waals surface area (Å²) in [6.45, 7) is 8.79. The van der Waals surface area contributed by atoms with Gasteiger partial charge in [0.15, 0.2) is 5.96 Å². The van der Waals surface area contributed by atoms with Crippen molar-refractivity contribution in [2.75, 3.05) is 44.7 Å². The summed E-state index contributed by atoms with van der Waals surface area (Å²) in [5.74, 6) is 1.08. The molecule has 0 radical (unpaired) electrons. The van der Waals surface area contributed by atoms with Crippen LogP contribution in [0.5, 0.6) is 0 Å². The second-order valence-corrected chi connectivity index (χ2v) is 9.19. The molecular formula is C17H32N6O2S. The first-order chi connectivity index (χ1) is 12.4. The third-order valence-corrected chi connectivity index (χ3v) is 5.34. The molecule has 0 spiro atoms. The fourth-order valence-corrected chi connectivity index (χ4v) is 3.55. The number of aliphatic imine (C=N–C) groups is 1. The smallest absolute Gasteiger partial charge is 0.191 e. The number of aromatic nitrogens is 2. The number of guanidine groups is 1. The number of likely N-dealkylation sites (tertiary alicyclic amines) is 1. The average molecular weight is 385 g/mol. The van der Waals surface area contributed by atoms with Crippen LogP contribution in [0.1, 0.15) is 25.3 Å². The minimum atomic E-state index is -2.89. The van der Waals surface area contributed by atoms with E-state index in [2.05, 4.69) is 32.5 Å². The maximum atomic E-state index is 11.3. The molecule has 26 heavy (non-hydrogen) atoms. The van der Waals surface area contributed by atoms with E-state index in [1.807, 2.05) is 24.0 Å². The molecule has 1 saturated heterocycles. The second-order valence-electron chi connectivity index (χ2n) is 6.93. The van der Waals surface area contributed by atoms with E-state index in [0.717, 1.165) is 50.5 Å². The molecular weight excluding hydrogens is 352 g/mol. The highest BCUT2D eigenvalue weighted by molar-refractivity contribution is 7.90. The highest BCUT2D eigenvalue weighted by Gasteiger charge is 2.20. The van der Waals surface area contributed by atoms with Gasteiger partial charge in [-0.1, -0.05) is 0 Å². The molecule has 1 aromatic heterocycles. The first-order valence-electron chi connectivity index (χ1n) is 9.29.